The maximum absolute atomic E-state index is 12.4. The molecule has 4 heteroatoms. The molecule has 0 N–H and O–H groups in total. The van der Waals surface area contributed by atoms with E-state index in [0.717, 1.165) is 6.42 Å². The molecule has 126 valence electrons. The van der Waals surface area contributed by atoms with E-state index in [-0.39, 0.29) is 6.10 Å². The molecule has 0 aromatic heterocycles. The fraction of sp³-hybridized carbons (Fsp3) is 0.250. The van der Waals surface area contributed by atoms with Gasteiger partial charge in [0, 0.05) is 6.42 Å². The molecule has 0 aliphatic rings. The molecule has 1 unspecified atom stereocenters. The molecule has 0 spiro atoms. The summed E-state index contributed by atoms with van der Waals surface area (Å²) >= 11 is 0. The van der Waals surface area contributed by atoms with Crippen LogP contribution in [0, 0.1) is 0 Å². The molecule has 0 aliphatic carbocycles. The Hall–Kier alpha value is -2.75. The highest BCUT2D eigenvalue weighted by Gasteiger charge is 2.16. The Kier molecular flexibility index (Phi) is 6.43. The molecule has 2 aromatic rings. The molecule has 0 fully saturated rings. The number of allylic oxidation sites excluding steroid dienone is 1. The van der Waals surface area contributed by atoms with Crippen molar-refractivity contribution < 1.29 is 19.0 Å². The Balaban J connectivity index is 2.10. The molecule has 0 amide bonds. The molecule has 0 bridgehead atoms. The van der Waals surface area contributed by atoms with Gasteiger partial charge in [-0.3, -0.25) is 0 Å². The van der Waals surface area contributed by atoms with Crippen molar-refractivity contribution in [1.29, 1.82) is 0 Å². The van der Waals surface area contributed by atoms with Crippen LogP contribution in [0.5, 0.6) is 17.2 Å². The zero-order valence-corrected chi connectivity index (χ0v) is 14.2. The van der Waals surface area contributed by atoms with Gasteiger partial charge in [-0.05, 0) is 50.2 Å². The lowest BCUT2D eigenvalue weighted by Crippen LogP contribution is -2.15. The third kappa shape index (κ3) is 4.88. The van der Waals surface area contributed by atoms with E-state index in [4.69, 9.17) is 14.2 Å². The van der Waals surface area contributed by atoms with Crippen molar-refractivity contribution in [2.24, 2.45) is 0 Å². The average molecular weight is 326 g/mol. The molecule has 0 saturated heterocycles. The van der Waals surface area contributed by atoms with Gasteiger partial charge in [0.25, 0.3) is 0 Å². The summed E-state index contributed by atoms with van der Waals surface area (Å²) in [5.74, 6) is 1.23. The number of hydrogen-bond donors (Lipinski definition) is 0. The van der Waals surface area contributed by atoms with Crippen LogP contribution in [0.2, 0.25) is 0 Å². The monoisotopic (exact) mass is 326 g/mol. The summed E-state index contributed by atoms with van der Waals surface area (Å²) in [4.78, 5) is 12.4. The number of methoxy groups -OCH3 is 1. The third-order valence-electron chi connectivity index (χ3n) is 3.41. The van der Waals surface area contributed by atoms with Crippen molar-refractivity contribution in [3.8, 4) is 17.2 Å². The van der Waals surface area contributed by atoms with E-state index in [9.17, 15) is 4.79 Å². The lowest BCUT2D eigenvalue weighted by Gasteiger charge is -2.15. The van der Waals surface area contributed by atoms with E-state index in [0.29, 0.717) is 22.8 Å². The quantitative estimate of drug-likeness (QED) is 0.422. The topological polar surface area (TPSA) is 44.8 Å². The lowest BCUT2D eigenvalue weighted by atomic mass is 10.2. The fourth-order valence-electron chi connectivity index (χ4n) is 2.14. The van der Waals surface area contributed by atoms with Gasteiger partial charge in [0.1, 0.15) is 22.8 Å². The van der Waals surface area contributed by atoms with Crippen LogP contribution in [0.15, 0.2) is 60.7 Å². The summed E-state index contributed by atoms with van der Waals surface area (Å²) in [6, 6.07) is 14.0. The van der Waals surface area contributed by atoms with Crippen LogP contribution in [0.25, 0.3) is 0 Å². The minimum absolute atomic E-state index is 0.0314. The fourth-order valence-corrected chi connectivity index (χ4v) is 2.14. The zero-order valence-electron chi connectivity index (χ0n) is 14.2. The number of ether oxygens (including phenoxy) is 3. The van der Waals surface area contributed by atoms with Gasteiger partial charge in [-0.1, -0.05) is 24.3 Å². The summed E-state index contributed by atoms with van der Waals surface area (Å²) in [6.45, 7) is 3.93. The van der Waals surface area contributed by atoms with Gasteiger partial charge in [0.2, 0.25) is 0 Å². The number of carbonyl (C=O) groups excluding carboxylic acids is 1. The van der Waals surface area contributed by atoms with Crippen LogP contribution in [0.4, 0.5) is 0 Å². The molecule has 0 heterocycles. The van der Waals surface area contributed by atoms with Gasteiger partial charge in [-0.15, -0.1) is 0 Å². The van der Waals surface area contributed by atoms with E-state index in [2.05, 4.69) is 0 Å². The Morgan fingerprint density at radius 1 is 1.08 bits per heavy atom. The molecule has 0 aliphatic heterocycles. The van der Waals surface area contributed by atoms with Crippen LogP contribution in [-0.4, -0.2) is 19.2 Å². The second kappa shape index (κ2) is 8.77. The van der Waals surface area contributed by atoms with E-state index in [1.54, 1.807) is 49.6 Å². The molecule has 2 aromatic carbocycles. The predicted molar refractivity (Wildman–Crippen MR) is 93.9 cm³/mol. The van der Waals surface area contributed by atoms with Gasteiger partial charge in [0.05, 0.1) is 13.2 Å². The van der Waals surface area contributed by atoms with Crippen molar-refractivity contribution >= 4 is 5.97 Å². The average Bonchev–Trinajstić information content (AvgIpc) is 2.61. The molecule has 0 radical (unpaired) electrons. The van der Waals surface area contributed by atoms with Crippen LogP contribution in [-0.2, 0) is 0 Å². The van der Waals surface area contributed by atoms with Crippen molar-refractivity contribution in [1.82, 2.24) is 0 Å². The lowest BCUT2D eigenvalue weighted by molar-refractivity contribution is 0.0727. The summed E-state index contributed by atoms with van der Waals surface area (Å²) in [5, 5.41) is 0. The van der Waals surface area contributed by atoms with E-state index < -0.39 is 5.97 Å². The van der Waals surface area contributed by atoms with Gasteiger partial charge in [-0.25, -0.2) is 4.79 Å². The molecular formula is C20H22O4. The molecule has 1 atom stereocenters. The Morgan fingerprint density at radius 2 is 1.75 bits per heavy atom. The summed E-state index contributed by atoms with van der Waals surface area (Å²) in [7, 11) is 1.59. The summed E-state index contributed by atoms with van der Waals surface area (Å²) in [6.07, 6.45) is 4.75. The maximum atomic E-state index is 12.4. The molecule has 0 saturated carbocycles. The molecular weight excluding hydrogens is 304 g/mol. The minimum atomic E-state index is -0.450. The van der Waals surface area contributed by atoms with E-state index >= 15 is 0 Å². The SMILES string of the molecule is CC=CCC(C)Oc1ccccc1C(=O)Oc1ccc(OC)cc1. The Labute approximate surface area is 142 Å². The zero-order chi connectivity index (χ0) is 17.4. The normalized spacial score (nSPS) is 12.0. The van der Waals surface area contributed by atoms with Crippen molar-refractivity contribution in [3.05, 3.63) is 66.2 Å². The van der Waals surface area contributed by atoms with Crippen LogP contribution >= 0.6 is 0 Å². The Morgan fingerprint density at radius 3 is 2.42 bits per heavy atom. The van der Waals surface area contributed by atoms with Crippen LogP contribution < -0.4 is 14.2 Å². The number of esters is 1. The van der Waals surface area contributed by atoms with Crippen molar-refractivity contribution in [3.63, 3.8) is 0 Å². The number of benzene rings is 2. The Bertz CT molecular complexity index is 689. The van der Waals surface area contributed by atoms with Crippen molar-refractivity contribution in [2.75, 3.05) is 7.11 Å². The first kappa shape index (κ1) is 17.6. The highest BCUT2D eigenvalue weighted by Crippen LogP contribution is 2.23. The highest BCUT2D eigenvalue weighted by atomic mass is 16.5. The van der Waals surface area contributed by atoms with Gasteiger partial charge in [0.15, 0.2) is 0 Å². The van der Waals surface area contributed by atoms with Gasteiger partial charge < -0.3 is 14.2 Å². The van der Waals surface area contributed by atoms with Crippen molar-refractivity contribution in [2.45, 2.75) is 26.4 Å². The predicted octanol–water partition coefficient (Wildman–Crippen LogP) is 4.65. The number of carbonyl (C=O) groups is 1. The molecule has 4 nitrogen and oxygen atoms in total. The first-order valence-electron chi connectivity index (χ1n) is 7.87. The summed E-state index contributed by atoms with van der Waals surface area (Å²) < 4.78 is 16.4. The second-order valence-corrected chi connectivity index (χ2v) is 5.29. The van der Waals surface area contributed by atoms with Gasteiger partial charge >= 0.3 is 5.97 Å². The van der Waals surface area contributed by atoms with E-state index in [1.165, 1.54) is 0 Å². The minimum Gasteiger partial charge on any atom is -0.497 e. The highest BCUT2D eigenvalue weighted by molar-refractivity contribution is 5.94. The number of para-hydroxylation sites is 1. The summed E-state index contributed by atoms with van der Waals surface area (Å²) in [5.41, 5.74) is 0.403. The first-order valence-corrected chi connectivity index (χ1v) is 7.87. The largest absolute Gasteiger partial charge is 0.497 e. The first-order chi connectivity index (χ1) is 11.6. The second-order valence-electron chi connectivity index (χ2n) is 5.29. The number of rotatable bonds is 7. The van der Waals surface area contributed by atoms with Gasteiger partial charge in [-0.2, -0.15) is 0 Å². The standard InChI is InChI=1S/C20H22O4/c1-4-5-8-15(2)23-19-10-7-6-9-18(19)20(21)24-17-13-11-16(22-3)12-14-17/h4-7,9-15H,8H2,1-3H3. The van der Waals surface area contributed by atoms with E-state index in [1.807, 2.05) is 32.1 Å². The molecule has 24 heavy (non-hydrogen) atoms. The van der Waals surface area contributed by atoms with Crippen LogP contribution in [0.3, 0.4) is 0 Å². The maximum Gasteiger partial charge on any atom is 0.347 e. The third-order valence-corrected chi connectivity index (χ3v) is 3.41. The van der Waals surface area contributed by atoms with Crippen LogP contribution in [0.1, 0.15) is 30.6 Å². The number of hydrogen-bond acceptors (Lipinski definition) is 4. The molecule has 2 rings (SSSR count). The smallest absolute Gasteiger partial charge is 0.347 e.